The van der Waals surface area contributed by atoms with Crippen LogP contribution >= 0.6 is 0 Å². The minimum Gasteiger partial charge on any atom is -0.352 e. The fourth-order valence-corrected chi connectivity index (χ4v) is 4.01. The van der Waals surface area contributed by atoms with E-state index in [2.05, 4.69) is 10.6 Å². The molecule has 0 saturated heterocycles. The normalized spacial score (nSPS) is 15.3. The third kappa shape index (κ3) is 4.31. The molecule has 2 aromatic carbocycles. The lowest BCUT2D eigenvalue weighted by Gasteiger charge is -2.17. The van der Waals surface area contributed by atoms with Crippen LogP contribution < -0.4 is 10.6 Å². The molecule has 1 heterocycles. The van der Waals surface area contributed by atoms with Crippen LogP contribution in [-0.4, -0.2) is 27.4 Å². The van der Waals surface area contributed by atoms with Crippen molar-refractivity contribution in [1.29, 1.82) is 0 Å². The predicted molar refractivity (Wildman–Crippen MR) is 112 cm³/mol. The molecule has 1 aliphatic carbocycles. The predicted octanol–water partition coefficient (Wildman–Crippen LogP) is 3.59. The van der Waals surface area contributed by atoms with Crippen molar-refractivity contribution in [3.63, 3.8) is 0 Å². The van der Waals surface area contributed by atoms with Gasteiger partial charge < -0.3 is 15.2 Å². The fraction of sp³-hybridized carbons (Fsp3) is 0.348. The van der Waals surface area contributed by atoms with E-state index in [1.54, 1.807) is 12.1 Å². The van der Waals surface area contributed by atoms with Gasteiger partial charge in [0.25, 0.3) is 5.91 Å². The zero-order valence-electron chi connectivity index (χ0n) is 16.6. The van der Waals surface area contributed by atoms with Crippen molar-refractivity contribution >= 4 is 22.8 Å². The zero-order chi connectivity index (χ0) is 20.2. The molecule has 0 aliphatic heterocycles. The summed E-state index contributed by atoms with van der Waals surface area (Å²) in [5, 5.41) is 6.15. The molecule has 0 spiro atoms. The first-order valence-electron chi connectivity index (χ1n) is 10.2. The number of para-hydroxylation sites is 2. The maximum absolute atomic E-state index is 12.7. The molecule has 1 aromatic heterocycles. The molecule has 2 amide bonds. The second kappa shape index (κ2) is 8.47. The molecule has 4 rings (SSSR count). The van der Waals surface area contributed by atoms with Crippen molar-refractivity contribution in [3.05, 3.63) is 66.0 Å². The van der Waals surface area contributed by atoms with E-state index < -0.39 is 0 Å². The SMILES string of the molecule is CC(NC(=O)c1ccccc1)c1nc2ccccc2n1CC(=O)NC1CCCC1. The van der Waals surface area contributed by atoms with Crippen LogP contribution in [0, 0.1) is 0 Å². The van der Waals surface area contributed by atoms with Gasteiger partial charge in [-0.3, -0.25) is 9.59 Å². The Bertz CT molecular complexity index is 1010. The van der Waals surface area contributed by atoms with Crippen molar-refractivity contribution in [2.24, 2.45) is 0 Å². The number of rotatable bonds is 6. The molecule has 1 saturated carbocycles. The summed E-state index contributed by atoms with van der Waals surface area (Å²) in [5.41, 5.74) is 2.31. The van der Waals surface area contributed by atoms with Crippen molar-refractivity contribution in [2.75, 3.05) is 0 Å². The van der Waals surface area contributed by atoms with Gasteiger partial charge in [0.15, 0.2) is 0 Å². The van der Waals surface area contributed by atoms with Crippen LogP contribution in [0.15, 0.2) is 54.6 Å². The summed E-state index contributed by atoms with van der Waals surface area (Å²) in [6.45, 7) is 2.09. The second-order valence-electron chi connectivity index (χ2n) is 7.65. The van der Waals surface area contributed by atoms with Crippen LogP contribution in [0.3, 0.4) is 0 Å². The van der Waals surface area contributed by atoms with Crippen molar-refractivity contribution in [3.8, 4) is 0 Å². The number of carbonyl (C=O) groups is 2. The molecule has 1 fully saturated rings. The van der Waals surface area contributed by atoms with Gasteiger partial charge in [0.05, 0.1) is 17.1 Å². The Labute approximate surface area is 170 Å². The lowest BCUT2D eigenvalue weighted by Crippen LogP contribution is -2.36. The summed E-state index contributed by atoms with van der Waals surface area (Å²) in [5.74, 6) is 0.507. The molecule has 1 aliphatic rings. The number of nitrogens with one attached hydrogen (secondary N) is 2. The van der Waals surface area contributed by atoms with E-state index in [0.717, 1.165) is 23.9 Å². The van der Waals surface area contributed by atoms with Gasteiger partial charge in [0, 0.05) is 11.6 Å². The number of benzene rings is 2. The fourth-order valence-electron chi connectivity index (χ4n) is 4.01. The topological polar surface area (TPSA) is 76.0 Å². The Kier molecular flexibility index (Phi) is 5.60. The summed E-state index contributed by atoms with van der Waals surface area (Å²) in [6.07, 6.45) is 4.44. The minimum atomic E-state index is -0.339. The largest absolute Gasteiger partial charge is 0.352 e. The average Bonchev–Trinajstić information content (AvgIpc) is 3.37. The van der Waals surface area contributed by atoms with Crippen molar-refractivity contribution in [1.82, 2.24) is 20.2 Å². The van der Waals surface area contributed by atoms with E-state index in [9.17, 15) is 9.59 Å². The van der Waals surface area contributed by atoms with Crippen LogP contribution in [0.25, 0.3) is 11.0 Å². The van der Waals surface area contributed by atoms with E-state index in [1.165, 1.54) is 12.8 Å². The number of imidazole rings is 1. The van der Waals surface area contributed by atoms with E-state index in [0.29, 0.717) is 11.4 Å². The molecule has 1 unspecified atom stereocenters. The van der Waals surface area contributed by atoms with Crippen LogP contribution in [0.4, 0.5) is 0 Å². The van der Waals surface area contributed by atoms with Crippen LogP contribution in [-0.2, 0) is 11.3 Å². The molecule has 29 heavy (non-hydrogen) atoms. The average molecular weight is 390 g/mol. The molecule has 0 bridgehead atoms. The monoisotopic (exact) mass is 390 g/mol. The number of nitrogens with zero attached hydrogens (tertiary/aromatic N) is 2. The Morgan fingerprint density at radius 3 is 2.52 bits per heavy atom. The number of hydrogen-bond donors (Lipinski definition) is 2. The highest BCUT2D eigenvalue weighted by molar-refractivity contribution is 5.94. The van der Waals surface area contributed by atoms with E-state index >= 15 is 0 Å². The van der Waals surface area contributed by atoms with E-state index in [4.69, 9.17) is 4.98 Å². The van der Waals surface area contributed by atoms with Gasteiger partial charge in [0.2, 0.25) is 5.91 Å². The molecular formula is C23H26N4O2. The number of carbonyl (C=O) groups excluding carboxylic acids is 2. The van der Waals surface area contributed by atoms with Gasteiger partial charge in [-0.25, -0.2) is 4.98 Å². The van der Waals surface area contributed by atoms with Gasteiger partial charge in [-0.05, 0) is 44.0 Å². The maximum Gasteiger partial charge on any atom is 0.251 e. The third-order valence-corrected chi connectivity index (χ3v) is 5.48. The molecular weight excluding hydrogens is 364 g/mol. The Hall–Kier alpha value is -3.15. The second-order valence-corrected chi connectivity index (χ2v) is 7.65. The summed E-state index contributed by atoms with van der Waals surface area (Å²) >= 11 is 0. The summed E-state index contributed by atoms with van der Waals surface area (Å²) < 4.78 is 1.91. The highest BCUT2D eigenvalue weighted by Crippen LogP contribution is 2.22. The van der Waals surface area contributed by atoms with Gasteiger partial charge in [-0.1, -0.05) is 43.2 Å². The van der Waals surface area contributed by atoms with Crippen molar-refractivity contribution in [2.45, 2.75) is 51.2 Å². The molecule has 0 radical (unpaired) electrons. The van der Waals surface area contributed by atoms with Gasteiger partial charge in [-0.2, -0.15) is 0 Å². The first kappa shape index (κ1) is 19.2. The maximum atomic E-state index is 12.7. The van der Waals surface area contributed by atoms with E-state index in [1.807, 2.05) is 54.0 Å². The smallest absolute Gasteiger partial charge is 0.251 e. The van der Waals surface area contributed by atoms with Gasteiger partial charge >= 0.3 is 0 Å². The third-order valence-electron chi connectivity index (χ3n) is 5.48. The first-order chi connectivity index (χ1) is 14.1. The number of fused-ring (bicyclic) bond motifs is 1. The zero-order valence-corrected chi connectivity index (χ0v) is 16.6. The van der Waals surface area contributed by atoms with Crippen molar-refractivity contribution < 1.29 is 9.59 Å². The first-order valence-corrected chi connectivity index (χ1v) is 10.2. The highest BCUT2D eigenvalue weighted by Gasteiger charge is 2.22. The number of hydrogen-bond acceptors (Lipinski definition) is 3. The summed E-state index contributed by atoms with van der Waals surface area (Å²) in [4.78, 5) is 30.0. The Morgan fingerprint density at radius 2 is 1.76 bits per heavy atom. The molecule has 6 nitrogen and oxygen atoms in total. The van der Waals surface area contributed by atoms with Gasteiger partial charge in [0.1, 0.15) is 12.4 Å². The standard InChI is InChI=1S/C23H26N4O2/c1-16(24-23(29)17-9-3-2-4-10-17)22-26-19-13-7-8-14-20(19)27(22)15-21(28)25-18-11-5-6-12-18/h2-4,7-10,13-14,16,18H,5-6,11-12,15H2,1H3,(H,24,29)(H,25,28). The van der Waals surface area contributed by atoms with Crippen LogP contribution in [0.1, 0.15) is 54.8 Å². The number of amides is 2. The molecule has 3 aromatic rings. The molecule has 150 valence electrons. The minimum absolute atomic E-state index is 0.0112. The van der Waals surface area contributed by atoms with E-state index in [-0.39, 0.29) is 30.4 Å². The number of aromatic nitrogens is 2. The van der Waals surface area contributed by atoms with Crippen LogP contribution in [0.2, 0.25) is 0 Å². The Morgan fingerprint density at radius 1 is 1.07 bits per heavy atom. The van der Waals surface area contributed by atoms with Crippen LogP contribution in [0.5, 0.6) is 0 Å². The lowest BCUT2D eigenvalue weighted by atomic mass is 10.2. The summed E-state index contributed by atoms with van der Waals surface area (Å²) in [6, 6.07) is 16.8. The molecule has 2 N–H and O–H groups in total. The summed E-state index contributed by atoms with van der Waals surface area (Å²) in [7, 11) is 0. The highest BCUT2D eigenvalue weighted by atomic mass is 16.2. The Balaban J connectivity index is 1.57. The molecule has 6 heteroatoms. The van der Waals surface area contributed by atoms with Gasteiger partial charge in [-0.15, -0.1) is 0 Å². The molecule has 1 atom stereocenters. The lowest BCUT2D eigenvalue weighted by molar-refractivity contribution is -0.122. The quantitative estimate of drug-likeness (QED) is 0.675.